The Bertz CT molecular complexity index is 445. The Kier molecular flexibility index (Phi) is 7.90. The van der Waals surface area contributed by atoms with Crippen molar-refractivity contribution in [2.24, 2.45) is 0 Å². The van der Waals surface area contributed by atoms with Crippen molar-refractivity contribution in [2.45, 2.75) is 19.8 Å². The highest BCUT2D eigenvalue weighted by molar-refractivity contribution is 5.75. The number of carbonyl (C=O) groups excluding carboxylic acids is 1. The second-order valence-corrected chi connectivity index (χ2v) is 5.89. The fourth-order valence-corrected chi connectivity index (χ4v) is 2.73. The molecule has 0 unspecified atom stereocenters. The van der Waals surface area contributed by atoms with Crippen LogP contribution in [-0.2, 0) is 4.79 Å². The summed E-state index contributed by atoms with van der Waals surface area (Å²) in [5.41, 5.74) is 0. The fraction of sp³-hybridized carbons (Fsp3) is 0.611. The van der Waals surface area contributed by atoms with Crippen molar-refractivity contribution in [3.05, 3.63) is 30.3 Å². The summed E-state index contributed by atoms with van der Waals surface area (Å²) in [5.74, 6) is 0.878. The Morgan fingerprint density at radius 3 is 2.52 bits per heavy atom. The minimum Gasteiger partial charge on any atom is -0.493 e. The van der Waals surface area contributed by atoms with Crippen LogP contribution in [0.4, 0.5) is 0 Å². The zero-order chi connectivity index (χ0) is 16.3. The summed E-state index contributed by atoms with van der Waals surface area (Å²) in [7, 11) is 0. The van der Waals surface area contributed by atoms with E-state index in [1.807, 2.05) is 30.3 Å². The maximum Gasteiger partial charge on any atom is 0.223 e. The molecule has 0 spiro atoms. The third kappa shape index (κ3) is 7.01. The summed E-state index contributed by atoms with van der Waals surface area (Å²) in [4.78, 5) is 16.7. The van der Waals surface area contributed by atoms with Gasteiger partial charge in [-0.25, -0.2) is 0 Å². The van der Waals surface area contributed by atoms with Gasteiger partial charge in [0.2, 0.25) is 5.91 Å². The van der Waals surface area contributed by atoms with E-state index in [-0.39, 0.29) is 5.91 Å². The van der Waals surface area contributed by atoms with E-state index in [0.717, 1.165) is 44.9 Å². The normalized spacial score (nSPS) is 16.2. The van der Waals surface area contributed by atoms with E-state index in [9.17, 15) is 4.79 Å². The number of amides is 1. The topological polar surface area (TPSA) is 44.8 Å². The molecule has 1 amide bonds. The highest BCUT2D eigenvalue weighted by Gasteiger charge is 2.14. The Balaban J connectivity index is 1.47. The molecule has 5 heteroatoms. The molecule has 128 valence electrons. The van der Waals surface area contributed by atoms with Crippen LogP contribution in [0.15, 0.2) is 30.3 Å². The highest BCUT2D eigenvalue weighted by atomic mass is 16.5. The predicted octanol–water partition coefficient (Wildman–Crippen LogP) is 1.60. The average molecular weight is 319 g/mol. The molecular weight excluding hydrogens is 290 g/mol. The third-order valence-electron chi connectivity index (χ3n) is 4.23. The van der Waals surface area contributed by atoms with Gasteiger partial charge in [-0.05, 0) is 31.6 Å². The Labute approximate surface area is 139 Å². The van der Waals surface area contributed by atoms with E-state index in [1.165, 1.54) is 13.1 Å². The van der Waals surface area contributed by atoms with Gasteiger partial charge in [0, 0.05) is 32.7 Å². The smallest absolute Gasteiger partial charge is 0.223 e. The lowest BCUT2D eigenvalue weighted by atomic mass is 10.3. The molecule has 2 rings (SSSR count). The molecular formula is C18H29N3O2. The van der Waals surface area contributed by atoms with Crippen LogP contribution in [0.3, 0.4) is 0 Å². The van der Waals surface area contributed by atoms with Crippen LogP contribution in [-0.4, -0.2) is 68.1 Å². The lowest BCUT2D eigenvalue weighted by molar-refractivity contribution is -0.121. The first-order valence-electron chi connectivity index (χ1n) is 8.67. The summed E-state index contributed by atoms with van der Waals surface area (Å²) in [5, 5.41) is 2.97. The molecule has 1 heterocycles. The monoisotopic (exact) mass is 319 g/mol. The molecule has 0 aromatic heterocycles. The zero-order valence-electron chi connectivity index (χ0n) is 14.2. The first-order valence-corrected chi connectivity index (χ1v) is 8.67. The van der Waals surface area contributed by atoms with Crippen molar-refractivity contribution in [1.29, 1.82) is 0 Å². The second kappa shape index (κ2) is 10.2. The van der Waals surface area contributed by atoms with Gasteiger partial charge in [0.25, 0.3) is 0 Å². The van der Waals surface area contributed by atoms with Gasteiger partial charge in [0.1, 0.15) is 5.75 Å². The van der Waals surface area contributed by atoms with Gasteiger partial charge in [-0.15, -0.1) is 0 Å². The molecule has 1 fully saturated rings. The molecule has 5 nitrogen and oxygen atoms in total. The fourth-order valence-electron chi connectivity index (χ4n) is 2.73. The maximum absolute atomic E-state index is 11.8. The lowest BCUT2D eigenvalue weighted by Gasteiger charge is -2.33. The van der Waals surface area contributed by atoms with Crippen molar-refractivity contribution >= 4 is 5.91 Å². The van der Waals surface area contributed by atoms with Gasteiger partial charge >= 0.3 is 0 Å². The summed E-state index contributed by atoms with van der Waals surface area (Å²) in [6, 6.07) is 9.60. The summed E-state index contributed by atoms with van der Waals surface area (Å²) < 4.78 is 5.53. The summed E-state index contributed by atoms with van der Waals surface area (Å²) in [6.07, 6.45) is 1.42. The van der Waals surface area contributed by atoms with Crippen molar-refractivity contribution in [3.8, 4) is 5.75 Å². The van der Waals surface area contributed by atoms with Crippen LogP contribution in [0.5, 0.6) is 5.75 Å². The van der Waals surface area contributed by atoms with Gasteiger partial charge in [0.15, 0.2) is 0 Å². The van der Waals surface area contributed by atoms with E-state index in [1.54, 1.807) is 0 Å². The molecule has 1 aliphatic heterocycles. The van der Waals surface area contributed by atoms with E-state index in [0.29, 0.717) is 13.0 Å². The molecule has 0 aliphatic carbocycles. The quantitative estimate of drug-likeness (QED) is 0.702. The van der Waals surface area contributed by atoms with E-state index < -0.39 is 0 Å². The van der Waals surface area contributed by atoms with Crippen molar-refractivity contribution < 1.29 is 9.53 Å². The highest BCUT2D eigenvalue weighted by Crippen LogP contribution is 2.08. The molecule has 23 heavy (non-hydrogen) atoms. The molecule has 1 aromatic carbocycles. The molecule has 1 saturated heterocycles. The molecule has 1 aliphatic rings. The first kappa shape index (κ1) is 17.8. The molecule has 0 bridgehead atoms. The van der Waals surface area contributed by atoms with E-state index in [4.69, 9.17) is 4.74 Å². The lowest BCUT2D eigenvalue weighted by Crippen LogP contribution is -2.46. The molecule has 1 N–H and O–H groups in total. The predicted molar refractivity (Wildman–Crippen MR) is 92.7 cm³/mol. The minimum absolute atomic E-state index is 0.0664. The molecule has 1 aromatic rings. The number of likely N-dealkylation sites (N-methyl/N-ethyl adjacent to an activating group) is 1. The third-order valence-corrected chi connectivity index (χ3v) is 4.23. The summed E-state index contributed by atoms with van der Waals surface area (Å²) in [6.45, 7) is 10.2. The van der Waals surface area contributed by atoms with Crippen LogP contribution >= 0.6 is 0 Å². The van der Waals surface area contributed by atoms with Crippen molar-refractivity contribution in [1.82, 2.24) is 15.1 Å². The van der Waals surface area contributed by atoms with Gasteiger partial charge in [-0.2, -0.15) is 0 Å². The van der Waals surface area contributed by atoms with Crippen molar-refractivity contribution in [2.75, 3.05) is 52.4 Å². The number of piperazine rings is 1. The van der Waals surface area contributed by atoms with E-state index in [2.05, 4.69) is 22.0 Å². The molecule has 0 saturated carbocycles. The van der Waals surface area contributed by atoms with Gasteiger partial charge < -0.3 is 19.9 Å². The number of nitrogens with zero attached hydrogens (tertiary/aromatic N) is 2. The van der Waals surface area contributed by atoms with Gasteiger partial charge in [-0.3, -0.25) is 4.79 Å². The SMILES string of the molecule is CCN1CCN(CCCNC(=O)CCOc2ccccc2)CC1. The van der Waals surface area contributed by atoms with Crippen LogP contribution in [0.1, 0.15) is 19.8 Å². The number of para-hydroxylation sites is 1. The number of ether oxygens (including phenoxy) is 1. The number of hydrogen-bond donors (Lipinski definition) is 1. The van der Waals surface area contributed by atoms with Crippen LogP contribution in [0.2, 0.25) is 0 Å². The van der Waals surface area contributed by atoms with Gasteiger partial charge in [0.05, 0.1) is 13.0 Å². The number of nitrogens with one attached hydrogen (secondary N) is 1. The van der Waals surface area contributed by atoms with Crippen LogP contribution in [0.25, 0.3) is 0 Å². The maximum atomic E-state index is 11.8. The zero-order valence-corrected chi connectivity index (χ0v) is 14.2. The largest absolute Gasteiger partial charge is 0.493 e. The standard InChI is InChI=1S/C18H29N3O2/c1-2-20-12-14-21(15-13-20)11-6-10-19-18(22)9-16-23-17-7-4-3-5-8-17/h3-5,7-8H,2,6,9-16H2,1H3,(H,19,22). The number of carbonyl (C=O) groups is 1. The first-order chi connectivity index (χ1) is 11.3. The number of benzene rings is 1. The van der Waals surface area contributed by atoms with Crippen molar-refractivity contribution in [3.63, 3.8) is 0 Å². The molecule has 0 radical (unpaired) electrons. The minimum atomic E-state index is 0.0664. The van der Waals surface area contributed by atoms with E-state index >= 15 is 0 Å². The Morgan fingerprint density at radius 2 is 1.83 bits per heavy atom. The second-order valence-electron chi connectivity index (χ2n) is 5.89. The Morgan fingerprint density at radius 1 is 1.13 bits per heavy atom. The Hall–Kier alpha value is -1.59. The van der Waals surface area contributed by atoms with Gasteiger partial charge in [-0.1, -0.05) is 25.1 Å². The number of rotatable bonds is 9. The summed E-state index contributed by atoms with van der Waals surface area (Å²) >= 11 is 0. The van der Waals surface area contributed by atoms with Crippen LogP contribution in [0, 0.1) is 0 Å². The number of hydrogen-bond acceptors (Lipinski definition) is 4. The van der Waals surface area contributed by atoms with Crippen LogP contribution < -0.4 is 10.1 Å². The average Bonchev–Trinajstić information content (AvgIpc) is 2.60. The molecule has 0 atom stereocenters.